The first-order chi connectivity index (χ1) is 15.9. The lowest BCUT2D eigenvalue weighted by atomic mass is 9.97. The fourth-order valence-corrected chi connectivity index (χ4v) is 5.99. The number of sulfonamides is 1. The van der Waals surface area contributed by atoms with Crippen molar-refractivity contribution in [2.45, 2.75) is 49.5 Å². The smallest absolute Gasteiger partial charge is 0.243 e. The summed E-state index contributed by atoms with van der Waals surface area (Å²) in [5.74, 6) is 0.894. The van der Waals surface area contributed by atoms with Gasteiger partial charge in [-0.15, -0.1) is 0 Å². The second-order valence-corrected chi connectivity index (χ2v) is 10.9. The van der Waals surface area contributed by atoms with Crippen molar-refractivity contribution in [3.8, 4) is 11.5 Å². The fraction of sp³-hybridized carbons (Fsp3) is 0.458. The number of nitrogens with zero attached hydrogens (tertiary/aromatic N) is 1. The number of piperidine rings is 1. The number of halogens is 1. The number of amides is 1. The van der Waals surface area contributed by atoms with Crippen molar-refractivity contribution in [1.82, 2.24) is 4.31 Å². The van der Waals surface area contributed by atoms with Crippen LogP contribution < -0.4 is 14.8 Å². The minimum Gasteiger partial charge on any atom is -0.493 e. The largest absolute Gasteiger partial charge is 0.493 e. The van der Waals surface area contributed by atoms with E-state index in [9.17, 15) is 13.2 Å². The molecular formula is C24H29ClN2O5S. The second-order valence-electron chi connectivity index (χ2n) is 8.51. The van der Waals surface area contributed by atoms with Gasteiger partial charge in [0.05, 0.1) is 18.1 Å². The Kier molecular flexibility index (Phi) is 7.46. The Balaban J connectivity index is 1.36. The van der Waals surface area contributed by atoms with Crippen molar-refractivity contribution in [2.75, 3.05) is 25.5 Å². The molecule has 0 bridgehead atoms. The van der Waals surface area contributed by atoms with E-state index in [1.807, 2.05) is 0 Å². The van der Waals surface area contributed by atoms with E-state index in [1.54, 1.807) is 37.4 Å². The number of rotatable bonds is 7. The fourth-order valence-electron chi connectivity index (χ4n) is 4.39. The Hall–Kier alpha value is -2.29. The molecule has 9 heteroatoms. The van der Waals surface area contributed by atoms with Crippen molar-refractivity contribution < 1.29 is 22.7 Å². The number of methoxy groups -OCH3 is 1. The third kappa shape index (κ3) is 5.62. The van der Waals surface area contributed by atoms with Crippen LogP contribution in [0.4, 0.5) is 5.69 Å². The predicted octanol–water partition coefficient (Wildman–Crippen LogP) is 4.71. The highest BCUT2D eigenvalue weighted by atomic mass is 35.5. The molecular weight excluding hydrogens is 464 g/mol. The summed E-state index contributed by atoms with van der Waals surface area (Å²) in [7, 11) is -2.00. The van der Waals surface area contributed by atoms with Gasteiger partial charge in [-0.25, -0.2) is 8.42 Å². The quantitative estimate of drug-likeness (QED) is 0.605. The summed E-state index contributed by atoms with van der Waals surface area (Å²) < 4.78 is 38.7. The minimum atomic E-state index is -3.60. The highest BCUT2D eigenvalue weighted by Crippen LogP contribution is 2.34. The maximum atomic E-state index is 12.9. The maximum Gasteiger partial charge on any atom is 0.243 e. The zero-order valence-electron chi connectivity index (χ0n) is 18.6. The van der Waals surface area contributed by atoms with Gasteiger partial charge in [-0.2, -0.15) is 4.31 Å². The van der Waals surface area contributed by atoms with Gasteiger partial charge in [-0.05, 0) is 74.9 Å². The van der Waals surface area contributed by atoms with E-state index >= 15 is 0 Å². The topological polar surface area (TPSA) is 84.9 Å². The van der Waals surface area contributed by atoms with Gasteiger partial charge in [0, 0.05) is 35.8 Å². The first-order valence-corrected chi connectivity index (χ1v) is 13.1. The van der Waals surface area contributed by atoms with Crippen LogP contribution in [0.15, 0.2) is 47.4 Å². The molecule has 2 aliphatic rings. The third-order valence-electron chi connectivity index (χ3n) is 6.30. The molecule has 33 heavy (non-hydrogen) atoms. The van der Waals surface area contributed by atoms with Crippen LogP contribution in [0.25, 0.3) is 0 Å². The van der Waals surface area contributed by atoms with Crippen molar-refractivity contribution in [3.63, 3.8) is 0 Å². The van der Waals surface area contributed by atoms with E-state index in [0.717, 1.165) is 25.7 Å². The number of carbonyl (C=O) groups excluding carboxylic acids is 1. The van der Waals surface area contributed by atoms with Gasteiger partial charge in [-0.1, -0.05) is 11.6 Å². The van der Waals surface area contributed by atoms with E-state index in [-0.39, 0.29) is 22.8 Å². The lowest BCUT2D eigenvalue weighted by molar-refractivity contribution is -0.120. The molecule has 4 rings (SSSR count). The molecule has 2 aromatic carbocycles. The van der Waals surface area contributed by atoms with Gasteiger partial charge in [0.15, 0.2) is 11.5 Å². The van der Waals surface area contributed by atoms with E-state index in [2.05, 4.69) is 5.32 Å². The van der Waals surface area contributed by atoms with Gasteiger partial charge >= 0.3 is 0 Å². The SMILES string of the molecule is COc1ccc(NC(=O)C2CCN(S(=O)(=O)c3ccc(Cl)cc3)CC2)cc1OC1CCCC1. The Morgan fingerprint density at radius 2 is 1.67 bits per heavy atom. The molecule has 1 saturated carbocycles. The molecule has 0 unspecified atom stereocenters. The Labute approximate surface area is 200 Å². The number of hydrogen-bond acceptors (Lipinski definition) is 5. The summed E-state index contributed by atoms with van der Waals surface area (Å²) in [5, 5.41) is 3.45. The van der Waals surface area contributed by atoms with Gasteiger partial charge in [0.2, 0.25) is 15.9 Å². The Morgan fingerprint density at radius 1 is 1.00 bits per heavy atom. The molecule has 178 valence electrons. The average molecular weight is 493 g/mol. The number of carbonyl (C=O) groups is 1. The zero-order chi connectivity index (χ0) is 23.4. The van der Waals surface area contributed by atoms with Gasteiger partial charge in [-0.3, -0.25) is 4.79 Å². The molecule has 7 nitrogen and oxygen atoms in total. The summed E-state index contributed by atoms with van der Waals surface area (Å²) in [6.07, 6.45) is 5.47. The third-order valence-corrected chi connectivity index (χ3v) is 8.47. The van der Waals surface area contributed by atoms with Crippen molar-refractivity contribution in [3.05, 3.63) is 47.5 Å². The Morgan fingerprint density at radius 3 is 2.30 bits per heavy atom. The van der Waals surface area contributed by atoms with E-state index < -0.39 is 10.0 Å². The molecule has 0 radical (unpaired) electrons. The molecule has 1 amide bonds. The van der Waals surface area contributed by atoms with Crippen LogP contribution >= 0.6 is 11.6 Å². The molecule has 0 spiro atoms. The number of benzene rings is 2. The standard InChI is InChI=1S/C24H29ClN2O5S/c1-31-22-11-8-19(16-23(22)32-20-4-2-3-5-20)26-24(28)17-12-14-27(15-13-17)33(29,30)21-9-6-18(25)7-10-21/h6-11,16-17,20H,2-5,12-15H2,1H3,(H,26,28). The first-order valence-electron chi connectivity index (χ1n) is 11.3. The van der Waals surface area contributed by atoms with Crippen LogP contribution in [0.2, 0.25) is 5.02 Å². The first kappa shape index (κ1) is 23.9. The van der Waals surface area contributed by atoms with E-state index in [0.29, 0.717) is 48.1 Å². The van der Waals surface area contributed by atoms with Crippen molar-refractivity contribution >= 4 is 33.2 Å². The van der Waals surface area contributed by atoms with Crippen molar-refractivity contribution in [1.29, 1.82) is 0 Å². The van der Waals surface area contributed by atoms with E-state index in [1.165, 1.54) is 16.4 Å². The minimum absolute atomic E-state index is 0.115. The van der Waals surface area contributed by atoms with Gasteiger partial charge in [0.1, 0.15) is 0 Å². The number of ether oxygens (including phenoxy) is 2. The summed E-state index contributed by atoms with van der Waals surface area (Å²) in [6, 6.07) is 11.5. The molecule has 1 saturated heterocycles. The van der Waals surface area contributed by atoms with Crippen LogP contribution in [0.5, 0.6) is 11.5 Å². The van der Waals surface area contributed by atoms with Crippen LogP contribution in [-0.2, 0) is 14.8 Å². The summed E-state index contributed by atoms with van der Waals surface area (Å²) >= 11 is 5.87. The average Bonchev–Trinajstić information content (AvgIpc) is 3.33. The molecule has 2 fully saturated rings. The molecule has 1 aliphatic heterocycles. The summed E-state index contributed by atoms with van der Waals surface area (Å²) in [6.45, 7) is 0.587. The highest BCUT2D eigenvalue weighted by Gasteiger charge is 2.32. The summed E-state index contributed by atoms with van der Waals surface area (Å²) in [4.78, 5) is 13.1. The van der Waals surface area contributed by atoms with Crippen molar-refractivity contribution in [2.24, 2.45) is 5.92 Å². The predicted molar refractivity (Wildman–Crippen MR) is 127 cm³/mol. The van der Waals surface area contributed by atoms with Gasteiger partial charge < -0.3 is 14.8 Å². The lowest BCUT2D eigenvalue weighted by Crippen LogP contribution is -2.41. The zero-order valence-corrected chi connectivity index (χ0v) is 20.2. The number of hydrogen-bond donors (Lipinski definition) is 1. The van der Waals surface area contributed by atoms with Crippen LogP contribution in [0, 0.1) is 5.92 Å². The highest BCUT2D eigenvalue weighted by molar-refractivity contribution is 7.89. The van der Waals surface area contributed by atoms with Gasteiger partial charge in [0.25, 0.3) is 0 Å². The molecule has 0 atom stereocenters. The lowest BCUT2D eigenvalue weighted by Gasteiger charge is -2.30. The molecule has 2 aromatic rings. The van der Waals surface area contributed by atoms with E-state index in [4.69, 9.17) is 21.1 Å². The number of nitrogens with one attached hydrogen (secondary N) is 1. The van der Waals surface area contributed by atoms with Crippen LogP contribution in [-0.4, -0.2) is 44.9 Å². The molecule has 0 aromatic heterocycles. The number of anilines is 1. The normalized spacial score (nSPS) is 18.2. The summed E-state index contributed by atoms with van der Waals surface area (Å²) in [5.41, 5.74) is 0.644. The van der Waals surface area contributed by atoms with Crippen LogP contribution in [0.1, 0.15) is 38.5 Å². The van der Waals surface area contributed by atoms with Crippen LogP contribution in [0.3, 0.4) is 0 Å². The maximum absolute atomic E-state index is 12.9. The molecule has 1 N–H and O–H groups in total. The molecule has 1 aliphatic carbocycles. The Bertz CT molecular complexity index is 1080. The molecule has 1 heterocycles. The second kappa shape index (κ2) is 10.3. The monoisotopic (exact) mass is 492 g/mol.